The maximum atomic E-state index is 10.9. The second-order valence-electron chi connectivity index (χ2n) is 3.83. The first-order valence-corrected chi connectivity index (χ1v) is 5.15. The van der Waals surface area contributed by atoms with Gasteiger partial charge < -0.3 is 10.0 Å². The van der Waals surface area contributed by atoms with Gasteiger partial charge in [-0.15, -0.1) is 0 Å². The molecule has 0 saturated heterocycles. The van der Waals surface area contributed by atoms with Crippen LogP contribution in [0.4, 0.5) is 5.82 Å². The van der Waals surface area contributed by atoms with E-state index in [0.717, 1.165) is 11.5 Å². The van der Waals surface area contributed by atoms with Crippen molar-refractivity contribution in [3.63, 3.8) is 0 Å². The van der Waals surface area contributed by atoms with E-state index >= 15 is 0 Å². The van der Waals surface area contributed by atoms with E-state index < -0.39 is 5.97 Å². The number of rotatable bonds is 3. The van der Waals surface area contributed by atoms with Crippen LogP contribution >= 0.6 is 0 Å². The van der Waals surface area contributed by atoms with Crippen LogP contribution in [0, 0.1) is 0 Å². The summed E-state index contributed by atoms with van der Waals surface area (Å²) in [4.78, 5) is 12.8. The number of anilines is 1. The maximum absolute atomic E-state index is 10.9. The number of carbonyl (C=O) groups is 1. The molecular weight excluding hydrogens is 218 g/mol. The molecule has 0 bridgehead atoms. The third kappa shape index (κ3) is 2.13. The second-order valence-corrected chi connectivity index (χ2v) is 3.83. The fourth-order valence-electron chi connectivity index (χ4n) is 1.55. The number of hydrogen-bond acceptors (Lipinski definition) is 3. The van der Waals surface area contributed by atoms with Gasteiger partial charge in [0, 0.05) is 20.2 Å². The molecule has 2 rings (SSSR count). The van der Waals surface area contributed by atoms with Crippen molar-refractivity contribution in [2.75, 3.05) is 19.0 Å². The average molecular weight is 231 g/mol. The lowest BCUT2D eigenvalue weighted by Crippen LogP contribution is -2.14. The van der Waals surface area contributed by atoms with Crippen LogP contribution in [0.2, 0.25) is 0 Å². The van der Waals surface area contributed by atoms with Crippen LogP contribution in [-0.2, 0) is 0 Å². The van der Waals surface area contributed by atoms with Crippen molar-refractivity contribution in [3.8, 4) is 5.69 Å². The molecule has 0 radical (unpaired) electrons. The summed E-state index contributed by atoms with van der Waals surface area (Å²) >= 11 is 0. The number of aromatic carboxylic acids is 1. The van der Waals surface area contributed by atoms with Crippen molar-refractivity contribution >= 4 is 11.8 Å². The summed E-state index contributed by atoms with van der Waals surface area (Å²) in [5, 5.41) is 13.0. The summed E-state index contributed by atoms with van der Waals surface area (Å²) in [6, 6.07) is 11.0. The summed E-state index contributed by atoms with van der Waals surface area (Å²) in [5.41, 5.74) is 0.876. The van der Waals surface area contributed by atoms with Gasteiger partial charge in [0.25, 0.3) is 0 Å². The molecule has 0 atom stereocenters. The van der Waals surface area contributed by atoms with Crippen LogP contribution in [0.15, 0.2) is 36.4 Å². The molecular formula is C12H13N3O2. The molecule has 1 aromatic carbocycles. The summed E-state index contributed by atoms with van der Waals surface area (Å²) in [5.74, 6) is -0.295. The zero-order valence-electron chi connectivity index (χ0n) is 9.66. The van der Waals surface area contributed by atoms with Crippen LogP contribution in [0.3, 0.4) is 0 Å². The predicted octanol–water partition coefficient (Wildman–Crippen LogP) is 1.64. The molecule has 2 aromatic rings. The highest BCUT2D eigenvalue weighted by molar-refractivity contribution is 5.86. The fraction of sp³-hybridized carbons (Fsp3) is 0.167. The van der Waals surface area contributed by atoms with Crippen LogP contribution in [0.1, 0.15) is 10.5 Å². The van der Waals surface area contributed by atoms with Crippen molar-refractivity contribution in [1.82, 2.24) is 9.78 Å². The van der Waals surface area contributed by atoms with Gasteiger partial charge in [0.1, 0.15) is 5.82 Å². The van der Waals surface area contributed by atoms with E-state index in [2.05, 4.69) is 5.10 Å². The lowest BCUT2D eigenvalue weighted by Gasteiger charge is -2.14. The standard InChI is InChI=1S/C12H13N3O2/c1-14(2)11-8-10(12(16)17)13-15(11)9-6-4-3-5-7-9/h3-8H,1-2H3,(H,16,17). The lowest BCUT2D eigenvalue weighted by molar-refractivity contribution is 0.0690. The Balaban J connectivity index is 2.56. The van der Waals surface area contributed by atoms with E-state index in [4.69, 9.17) is 5.11 Å². The summed E-state index contributed by atoms with van der Waals surface area (Å²) in [6.45, 7) is 0. The van der Waals surface area contributed by atoms with Gasteiger partial charge in [0.2, 0.25) is 0 Å². The van der Waals surface area contributed by atoms with Crippen molar-refractivity contribution < 1.29 is 9.90 Å². The molecule has 0 spiro atoms. The molecule has 0 aliphatic rings. The van der Waals surface area contributed by atoms with Gasteiger partial charge in [-0.3, -0.25) is 0 Å². The molecule has 88 valence electrons. The molecule has 0 amide bonds. The van der Waals surface area contributed by atoms with Gasteiger partial charge in [0.05, 0.1) is 5.69 Å². The van der Waals surface area contributed by atoms with Gasteiger partial charge >= 0.3 is 5.97 Å². The molecule has 0 aliphatic carbocycles. The lowest BCUT2D eigenvalue weighted by atomic mass is 10.3. The molecule has 0 fully saturated rings. The van der Waals surface area contributed by atoms with Crippen molar-refractivity contribution in [1.29, 1.82) is 0 Å². The van der Waals surface area contributed by atoms with Gasteiger partial charge in [-0.25, -0.2) is 9.48 Å². The normalized spacial score (nSPS) is 10.2. The van der Waals surface area contributed by atoms with E-state index in [1.807, 2.05) is 49.3 Å². The first-order chi connectivity index (χ1) is 8.09. The molecule has 1 N–H and O–H groups in total. The molecule has 0 saturated carbocycles. The SMILES string of the molecule is CN(C)c1cc(C(=O)O)nn1-c1ccccc1. The van der Waals surface area contributed by atoms with Crippen molar-refractivity contribution in [2.45, 2.75) is 0 Å². The van der Waals surface area contributed by atoms with Crippen molar-refractivity contribution in [3.05, 3.63) is 42.1 Å². The Kier molecular flexibility index (Phi) is 2.82. The van der Waals surface area contributed by atoms with E-state index in [1.54, 1.807) is 10.7 Å². The average Bonchev–Trinajstić information content (AvgIpc) is 2.75. The molecule has 5 nitrogen and oxygen atoms in total. The zero-order valence-corrected chi connectivity index (χ0v) is 9.66. The number of benzene rings is 1. The molecule has 1 aromatic heterocycles. The van der Waals surface area contributed by atoms with Gasteiger partial charge in [-0.2, -0.15) is 5.10 Å². The van der Waals surface area contributed by atoms with Crippen molar-refractivity contribution in [2.24, 2.45) is 0 Å². The molecule has 0 aliphatic heterocycles. The van der Waals surface area contributed by atoms with Crippen LogP contribution in [-0.4, -0.2) is 35.0 Å². The second kappa shape index (κ2) is 4.29. The van der Waals surface area contributed by atoms with E-state index in [9.17, 15) is 4.79 Å². The van der Waals surface area contributed by atoms with E-state index in [-0.39, 0.29) is 5.69 Å². The largest absolute Gasteiger partial charge is 0.476 e. The number of hydrogen-bond donors (Lipinski definition) is 1. The van der Waals surface area contributed by atoms with Crippen LogP contribution < -0.4 is 4.90 Å². The molecule has 1 heterocycles. The minimum Gasteiger partial charge on any atom is -0.476 e. The van der Waals surface area contributed by atoms with Gasteiger partial charge in [-0.05, 0) is 12.1 Å². The Morgan fingerprint density at radius 1 is 1.29 bits per heavy atom. The topological polar surface area (TPSA) is 58.4 Å². The Hall–Kier alpha value is -2.30. The molecule has 0 unspecified atom stereocenters. The Morgan fingerprint density at radius 3 is 2.47 bits per heavy atom. The first kappa shape index (κ1) is 11.2. The Bertz CT molecular complexity index is 532. The first-order valence-electron chi connectivity index (χ1n) is 5.15. The highest BCUT2D eigenvalue weighted by Crippen LogP contribution is 2.19. The molecule has 5 heteroatoms. The minimum atomic E-state index is -1.03. The number of para-hydroxylation sites is 1. The maximum Gasteiger partial charge on any atom is 0.356 e. The quantitative estimate of drug-likeness (QED) is 0.872. The monoisotopic (exact) mass is 231 g/mol. The fourth-order valence-corrected chi connectivity index (χ4v) is 1.55. The zero-order chi connectivity index (χ0) is 12.4. The minimum absolute atomic E-state index is 0.0394. The van der Waals surface area contributed by atoms with E-state index in [0.29, 0.717) is 0 Å². The highest BCUT2D eigenvalue weighted by Gasteiger charge is 2.15. The summed E-state index contributed by atoms with van der Waals surface area (Å²) in [6.07, 6.45) is 0. The number of carboxylic acids is 1. The highest BCUT2D eigenvalue weighted by atomic mass is 16.4. The summed E-state index contributed by atoms with van der Waals surface area (Å²) in [7, 11) is 3.70. The molecule has 17 heavy (non-hydrogen) atoms. The van der Waals surface area contributed by atoms with Gasteiger partial charge in [-0.1, -0.05) is 18.2 Å². The summed E-state index contributed by atoms with van der Waals surface area (Å²) < 4.78 is 1.61. The van der Waals surface area contributed by atoms with Crippen LogP contribution in [0.5, 0.6) is 0 Å². The third-order valence-electron chi connectivity index (χ3n) is 2.37. The Labute approximate surface area is 98.9 Å². The number of nitrogens with zero attached hydrogens (tertiary/aromatic N) is 3. The number of carboxylic acid groups (broad SMARTS) is 1. The van der Waals surface area contributed by atoms with Gasteiger partial charge in [0.15, 0.2) is 5.69 Å². The van der Waals surface area contributed by atoms with Crippen LogP contribution in [0.25, 0.3) is 5.69 Å². The Morgan fingerprint density at radius 2 is 1.94 bits per heavy atom. The third-order valence-corrected chi connectivity index (χ3v) is 2.37. The van der Waals surface area contributed by atoms with E-state index in [1.165, 1.54) is 0 Å². The number of aromatic nitrogens is 2. The predicted molar refractivity (Wildman–Crippen MR) is 64.9 cm³/mol. The smallest absolute Gasteiger partial charge is 0.356 e.